The second-order valence-electron chi connectivity index (χ2n) is 12.1. The lowest BCUT2D eigenvalue weighted by Crippen LogP contribution is -2.35. The molecule has 2 aromatic heterocycles. The van der Waals surface area contributed by atoms with E-state index >= 15 is 0 Å². The van der Waals surface area contributed by atoms with Crippen molar-refractivity contribution < 1.29 is 19.1 Å². The van der Waals surface area contributed by atoms with Crippen molar-refractivity contribution in [2.24, 2.45) is 0 Å². The molecule has 2 fully saturated rings. The zero-order chi connectivity index (χ0) is 33.6. The standard InChI is InChI=1S/C36H40ClN7O4/c1-21-34(22-7-8-23(30(15-22)47-2)16-38-18-25-10-13-31(45)42-25)40-20-41-35(21)28-6-4-5-27(33(28)37)29-12-9-24(36(44-29)48-3)17-39-19-26-11-14-32(46)43-26/h4-9,12,15,20,25-26,38-39H,10-11,13-14,16-19H2,1-3H3,(H,42,45)(H,43,46)/t25-,26+/m1/s1. The highest BCUT2D eigenvalue weighted by molar-refractivity contribution is 6.36. The average Bonchev–Trinajstić information content (AvgIpc) is 3.72. The molecule has 4 N–H and O–H groups in total. The summed E-state index contributed by atoms with van der Waals surface area (Å²) in [4.78, 5) is 37.1. The maximum Gasteiger partial charge on any atom is 0.220 e. The SMILES string of the molecule is COc1cc(-c2ncnc(-c3cccc(-c4ccc(CNC[C@@H]5CCC(=O)N5)c(OC)n4)c3Cl)c2C)ccc1CNC[C@H]1CCC(=O)N1. The van der Waals surface area contributed by atoms with Crippen LogP contribution in [0.5, 0.6) is 11.6 Å². The van der Waals surface area contributed by atoms with Crippen LogP contribution in [0.1, 0.15) is 42.4 Å². The van der Waals surface area contributed by atoms with Gasteiger partial charge in [0.2, 0.25) is 17.7 Å². The largest absolute Gasteiger partial charge is 0.496 e. The minimum absolute atomic E-state index is 0.102. The molecular formula is C36H40ClN7O4. The van der Waals surface area contributed by atoms with Crippen molar-refractivity contribution in [1.82, 2.24) is 36.2 Å². The molecule has 0 saturated carbocycles. The molecule has 250 valence electrons. The molecule has 2 atom stereocenters. The van der Waals surface area contributed by atoms with Crippen molar-refractivity contribution in [3.05, 3.63) is 76.6 Å². The number of amides is 2. The fraction of sp³-hybridized carbons (Fsp3) is 0.361. The zero-order valence-corrected chi connectivity index (χ0v) is 28.1. The first-order valence-corrected chi connectivity index (χ1v) is 16.5. The monoisotopic (exact) mass is 669 g/mol. The Kier molecular flexibility index (Phi) is 10.5. The van der Waals surface area contributed by atoms with Crippen molar-refractivity contribution in [3.63, 3.8) is 0 Å². The van der Waals surface area contributed by atoms with Gasteiger partial charge in [-0.3, -0.25) is 9.59 Å². The molecule has 4 aromatic rings. The summed E-state index contributed by atoms with van der Waals surface area (Å²) >= 11 is 7.09. The Morgan fingerprint density at radius 2 is 1.48 bits per heavy atom. The number of hydrogen-bond acceptors (Lipinski definition) is 9. The third-order valence-electron chi connectivity index (χ3n) is 8.89. The Morgan fingerprint density at radius 3 is 2.12 bits per heavy atom. The molecule has 11 nitrogen and oxygen atoms in total. The number of carbonyl (C=O) groups excluding carboxylic acids is 2. The maximum atomic E-state index is 11.5. The molecule has 2 amide bonds. The number of hydrogen-bond donors (Lipinski definition) is 4. The van der Waals surface area contributed by atoms with Gasteiger partial charge in [-0.2, -0.15) is 0 Å². The topological polar surface area (TPSA) is 139 Å². The molecular weight excluding hydrogens is 630 g/mol. The molecule has 2 aliphatic heterocycles. The molecule has 48 heavy (non-hydrogen) atoms. The molecule has 0 bridgehead atoms. The number of nitrogens with zero attached hydrogens (tertiary/aromatic N) is 3. The lowest BCUT2D eigenvalue weighted by molar-refractivity contribution is -0.120. The number of rotatable bonds is 13. The Labute approximate surface area is 285 Å². The van der Waals surface area contributed by atoms with Gasteiger partial charge in [0, 0.05) is 84.5 Å². The number of nitrogens with one attached hydrogen (secondary N) is 4. The van der Waals surface area contributed by atoms with Crippen LogP contribution < -0.4 is 30.7 Å². The van der Waals surface area contributed by atoms with Gasteiger partial charge in [0.25, 0.3) is 0 Å². The smallest absolute Gasteiger partial charge is 0.220 e. The first-order chi connectivity index (χ1) is 23.3. The van der Waals surface area contributed by atoms with Gasteiger partial charge < -0.3 is 30.7 Å². The average molecular weight is 670 g/mol. The van der Waals surface area contributed by atoms with E-state index in [1.165, 1.54) is 0 Å². The van der Waals surface area contributed by atoms with E-state index in [1.54, 1.807) is 20.5 Å². The molecule has 2 saturated heterocycles. The highest BCUT2D eigenvalue weighted by Crippen LogP contribution is 2.39. The van der Waals surface area contributed by atoms with Crippen LogP contribution in [0.15, 0.2) is 54.9 Å². The zero-order valence-electron chi connectivity index (χ0n) is 27.4. The van der Waals surface area contributed by atoms with Crippen LogP contribution in [-0.2, 0) is 22.7 Å². The van der Waals surface area contributed by atoms with E-state index in [0.717, 1.165) is 63.4 Å². The van der Waals surface area contributed by atoms with E-state index in [2.05, 4.69) is 31.2 Å². The number of halogens is 1. The highest BCUT2D eigenvalue weighted by atomic mass is 35.5. The third kappa shape index (κ3) is 7.43. The van der Waals surface area contributed by atoms with Crippen molar-refractivity contribution >= 4 is 23.4 Å². The molecule has 0 aliphatic carbocycles. The first-order valence-electron chi connectivity index (χ1n) is 16.2. The normalized spacial score (nSPS) is 17.3. The summed E-state index contributed by atoms with van der Waals surface area (Å²) in [6, 6.07) is 16.1. The Balaban J connectivity index is 1.20. The van der Waals surface area contributed by atoms with Gasteiger partial charge in [-0.05, 0) is 31.9 Å². The van der Waals surface area contributed by atoms with E-state index in [9.17, 15) is 9.59 Å². The van der Waals surface area contributed by atoms with Gasteiger partial charge in [-0.25, -0.2) is 15.0 Å². The summed E-state index contributed by atoms with van der Waals surface area (Å²) in [6.07, 6.45) is 4.40. The van der Waals surface area contributed by atoms with E-state index < -0.39 is 0 Å². The van der Waals surface area contributed by atoms with Crippen molar-refractivity contribution in [3.8, 4) is 45.4 Å². The Hall–Kier alpha value is -4.58. The van der Waals surface area contributed by atoms with Crippen LogP contribution in [0.3, 0.4) is 0 Å². The second kappa shape index (κ2) is 15.1. The molecule has 0 spiro atoms. The van der Waals surface area contributed by atoms with Crippen LogP contribution in [0, 0.1) is 6.92 Å². The predicted octanol–water partition coefficient (Wildman–Crippen LogP) is 4.59. The Bertz CT molecular complexity index is 1690. The quantitative estimate of drug-likeness (QED) is 0.161. The Morgan fingerprint density at radius 1 is 0.833 bits per heavy atom. The molecule has 2 aliphatic rings. The number of ether oxygens (including phenoxy) is 2. The summed E-state index contributed by atoms with van der Waals surface area (Å²) < 4.78 is 11.4. The maximum absolute atomic E-state index is 11.5. The lowest BCUT2D eigenvalue weighted by Gasteiger charge is -2.16. The molecule has 0 radical (unpaired) electrons. The van der Waals surface area contributed by atoms with Crippen LogP contribution in [0.2, 0.25) is 5.02 Å². The number of benzene rings is 2. The van der Waals surface area contributed by atoms with Gasteiger partial charge in [-0.15, -0.1) is 0 Å². The number of pyridine rings is 1. The summed E-state index contributed by atoms with van der Waals surface area (Å²) in [5.41, 5.74) is 7.42. The number of aromatic nitrogens is 3. The molecule has 0 unspecified atom stereocenters. The lowest BCUT2D eigenvalue weighted by atomic mass is 9.98. The summed E-state index contributed by atoms with van der Waals surface area (Å²) in [5.74, 6) is 1.47. The van der Waals surface area contributed by atoms with Crippen LogP contribution in [-0.4, -0.2) is 66.2 Å². The van der Waals surface area contributed by atoms with Crippen LogP contribution >= 0.6 is 11.6 Å². The summed E-state index contributed by atoms with van der Waals surface area (Å²) in [5, 5.41) is 13.3. The molecule has 4 heterocycles. The van der Waals surface area contributed by atoms with Gasteiger partial charge in [-0.1, -0.05) is 48.0 Å². The van der Waals surface area contributed by atoms with Gasteiger partial charge in [0.15, 0.2) is 0 Å². The second-order valence-corrected chi connectivity index (χ2v) is 12.5. The van der Waals surface area contributed by atoms with Gasteiger partial charge in [0.05, 0.1) is 36.3 Å². The fourth-order valence-electron chi connectivity index (χ4n) is 6.32. The van der Waals surface area contributed by atoms with E-state index in [-0.39, 0.29) is 23.9 Å². The first kappa shape index (κ1) is 33.3. The summed E-state index contributed by atoms with van der Waals surface area (Å²) in [7, 11) is 3.26. The molecule has 2 aromatic carbocycles. The van der Waals surface area contributed by atoms with E-state index in [1.807, 2.05) is 55.5 Å². The minimum Gasteiger partial charge on any atom is -0.496 e. The predicted molar refractivity (Wildman–Crippen MR) is 185 cm³/mol. The minimum atomic E-state index is 0.102. The van der Waals surface area contributed by atoms with Crippen molar-refractivity contribution in [2.45, 2.75) is 57.8 Å². The third-order valence-corrected chi connectivity index (χ3v) is 9.30. The van der Waals surface area contributed by atoms with Gasteiger partial charge in [0.1, 0.15) is 12.1 Å². The van der Waals surface area contributed by atoms with E-state index in [0.29, 0.717) is 55.6 Å². The number of carbonyl (C=O) groups is 2. The summed E-state index contributed by atoms with van der Waals surface area (Å²) in [6.45, 7) is 4.55. The van der Waals surface area contributed by atoms with Gasteiger partial charge >= 0.3 is 0 Å². The molecule has 12 heteroatoms. The highest BCUT2D eigenvalue weighted by Gasteiger charge is 2.22. The van der Waals surface area contributed by atoms with Crippen LogP contribution in [0.25, 0.3) is 33.8 Å². The van der Waals surface area contributed by atoms with Crippen molar-refractivity contribution in [2.75, 3.05) is 27.3 Å². The molecule has 6 rings (SSSR count). The van der Waals surface area contributed by atoms with Crippen molar-refractivity contribution in [1.29, 1.82) is 0 Å². The fourth-order valence-corrected chi connectivity index (χ4v) is 6.63. The number of methoxy groups -OCH3 is 2. The van der Waals surface area contributed by atoms with E-state index in [4.69, 9.17) is 26.1 Å². The van der Waals surface area contributed by atoms with Crippen LogP contribution in [0.4, 0.5) is 0 Å².